The van der Waals surface area contributed by atoms with Crippen molar-refractivity contribution in [1.82, 2.24) is 9.80 Å². The Labute approximate surface area is 254 Å². The van der Waals surface area contributed by atoms with Gasteiger partial charge in [0.1, 0.15) is 8.64 Å². The molecule has 2 aliphatic rings. The van der Waals surface area contributed by atoms with Gasteiger partial charge in [-0.15, -0.1) is 0 Å². The summed E-state index contributed by atoms with van der Waals surface area (Å²) in [7, 11) is 0. The van der Waals surface area contributed by atoms with Crippen LogP contribution in [0, 0.1) is 0 Å². The molecule has 2 saturated heterocycles. The second-order valence-electron chi connectivity index (χ2n) is 7.92. The summed E-state index contributed by atoms with van der Waals surface area (Å²) in [6.07, 6.45) is 0.0561. The van der Waals surface area contributed by atoms with Crippen LogP contribution in [0.2, 0.25) is 0 Å². The fraction of sp³-hybridized carbons (Fsp3) is 0.167. The largest absolute Gasteiger partial charge is 0.326 e. The number of nitrogens with zero attached hydrogens (tertiary/aromatic N) is 2. The number of hydrogen-bond acceptors (Lipinski definition) is 8. The average Bonchev–Trinajstić information content (AvgIpc) is 3.29. The highest BCUT2D eigenvalue weighted by molar-refractivity contribution is 9.10. The van der Waals surface area contributed by atoms with Crippen molar-refractivity contribution >= 4 is 123 Å². The number of carbonyl (C=O) groups excluding carboxylic acids is 4. The minimum atomic E-state index is -0.442. The predicted molar refractivity (Wildman–Crippen MR) is 166 cm³/mol. The molecule has 0 aromatic heterocycles. The zero-order valence-corrected chi connectivity index (χ0v) is 25.8. The SMILES string of the molecule is O=C(CCN1C(=O)C(=C2SC(=S)N(CCC(=O)Nc3cccc(Br)c3)C2=O)SC1=S)Nc1cccc(Br)c1. The molecule has 8 nitrogen and oxygen atoms in total. The van der Waals surface area contributed by atoms with Gasteiger partial charge in [-0.2, -0.15) is 0 Å². The van der Waals surface area contributed by atoms with Crippen LogP contribution >= 0.6 is 79.8 Å². The molecule has 2 aromatic rings. The molecule has 0 spiro atoms. The third kappa shape index (κ3) is 7.10. The normalized spacial score (nSPS) is 17.4. The van der Waals surface area contributed by atoms with Crippen LogP contribution in [0.5, 0.6) is 0 Å². The number of rotatable bonds is 8. The van der Waals surface area contributed by atoms with Gasteiger partial charge in [-0.3, -0.25) is 29.0 Å². The van der Waals surface area contributed by atoms with Gasteiger partial charge in [0, 0.05) is 46.3 Å². The zero-order chi connectivity index (χ0) is 27.4. The number of carbonyl (C=O) groups is 4. The first kappa shape index (κ1) is 28.9. The maximum absolute atomic E-state index is 13.1. The average molecular weight is 715 g/mol. The molecular weight excluding hydrogens is 696 g/mol. The van der Waals surface area contributed by atoms with E-state index >= 15 is 0 Å². The van der Waals surface area contributed by atoms with Gasteiger partial charge in [0.2, 0.25) is 11.8 Å². The van der Waals surface area contributed by atoms with E-state index in [1.54, 1.807) is 36.4 Å². The van der Waals surface area contributed by atoms with E-state index in [9.17, 15) is 19.2 Å². The molecule has 4 rings (SSSR count). The summed E-state index contributed by atoms with van der Waals surface area (Å²) in [6, 6.07) is 14.3. The smallest absolute Gasteiger partial charge is 0.267 e. The summed E-state index contributed by atoms with van der Waals surface area (Å²) < 4.78 is 2.18. The molecule has 2 aliphatic heterocycles. The lowest BCUT2D eigenvalue weighted by Gasteiger charge is -2.15. The fourth-order valence-electron chi connectivity index (χ4n) is 3.46. The maximum atomic E-state index is 13.1. The first-order chi connectivity index (χ1) is 18.1. The topological polar surface area (TPSA) is 98.8 Å². The standard InChI is InChI=1S/C24H18Br2N4O4S4/c25-13-3-1-5-15(11-13)27-17(31)7-9-29-21(33)19(37-23(29)35)20-22(34)30(24(36)38-20)10-8-18(32)28-16-6-2-4-14(26)12-16/h1-6,11-12H,7-10H2,(H,27,31)(H,28,32). The van der Waals surface area contributed by atoms with Gasteiger partial charge in [-0.05, 0) is 36.4 Å². The van der Waals surface area contributed by atoms with Gasteiger partial charge in [-0.25, -0.2) is 0 Å². The Kier molecular flexibility index (Phi) is 9.76. The molecule has 2 N–H and O–H groups in total. The molecule has 4 amide bonds. The summed E-state index contributed by atoms with van der Waals surface area (Å²) in [6.45, 7) is 0.147. The maximum Gasteiger partial charge on any atom is 0.267 e. The van der Waals surface area contributed by atoms with E-state index < -0.39 is 11.8 Å². The van der Waals surface area contributed by atoms with E-state index in [0.717, 1.165) is 32.5 Å². The van der Waals surface area contributed by atoms with Crippen molar-refractivity contribution in [3.8, 4) is 0 Å². The number of halogens is 2. The van der Waals surface area contributed by atoms with Gasteiger partial charge in [0.25, 0.3) is 11.8 Å². The lowest BCUT2D eigenvalue weighted by molar-refractivity contribution is -0.125. The number of anilines is 2. The van der Waals surface area contributed by atoms with Crippen LogP contribution in [0.1, 0.15) is 12.8 Å². The highest BCUT2D eigenvalue weighted by Crippen LogP contribution is 2.42. The molecule has 2 fully saturated rings. The number of thioether (sulfide) groups is 2. The second kappa shape index (κ2) is 12.8. The molecule has 0 radical (unpaired) electrons. The molecule has 0 unspecified atom stereocenters. The Hall–Kier alpha value is -2.10. The number of hydrogen-bond donors (Lipinski definition) is 2. The van der Waals surface area contributed by atoms with Crippen LogP contribution in [0.3, 0.4) is 0 Å². The van der Waals surface area contributed by atoms with Gasteiger partial charge in [0.15, 0.2) is 0 Å². The van der Waals surface area contributed by atoms with Crippen LogP contribution < -0.4 is 10.6 Å². The second-order valence-corrected chi connectivity index (χ2v) is 13.0. The van der Waals surface area contributed by atoms with Crippen molar-refractivity contribution in [2.45, 2.75) is 12.8 Å². The third-order valence-electron chi connectivity index (χ3n) is 5.25. The molecular formula is C24H18Br2N4O4S4. The van der Waals surface area contributed by atoms with Crippen molar-refractivity contribution < 1.29 is 19.2 Å². The quantitative estimate of drug-likeness (QED) is 0.274. The van der Waals surface area contributed by atoms with Crippen LogP contribution in [-0.2, 0) is 19.2 Å². The Morgan fingerprint density at radius 2 is 1.13 bits per heavy atom. The van der Waals surface area contributed by atoms with E-state index in [1.807, 2.05) is 12.1 Å². The number of benzene rings is 2. The monoisotopic (exact) mass is 712 g/mol. The molecule has 14 heteroatoms. The molecule has 2 heterocycles. The number of amides is 4. The van der Waals surface area contributed by atoms with Gasteiger partial charge >= 0.3 is 0 Å². The first-order valence-corrected chi connectivity index (χ1v) is 15.1. The molecule has 196 valence electrons. The fourth-order valence-corrected chi connectivity index (χ4v) is 7.03. The molecule has 0 saturated carbocycles. The predicted octanol–water partition coefficient (Wildman–Crippen LogP) is 5.50. The summed E-state index contributed by atoms with van der Waals surface area (Å²) in [5.41, 5.74) is 1.26. The summed E-state index contributed by atoms with van der Waals surface area (Å²) in [4.78, 5) is 54.0. The van der Waals surface area contributed by atoms with Crippen LogP contribution in [0.4, 0.5) is 11.4 Å². The lowest BCUT2D eigenvalue weighted by atomic mass is 10.3. The van der Waals surface area contributed by atoms with Crippen molar-refractivity contribution in [3.05, 3.63) is 67.3 Å². The van der Waals surface area contributed by atoms with Crippen molar-refractivity contribution in [1.29, 1.82) is 0 Å². The van der Waals surface area contributed by atoms with E-state index in [-0.39, 0.29) is 56.2 Å². The highest BCUT2D eigenvalue weighted by atomic mass is 79.9. The van der Waals surface area contributed by atoms with Gasteiger partial charge in [-0.1, -0.05) is 92.0 Å². The van der Waals surface area contributed by atoms with Crippen LogP contribution in [0.25, 0.3) is 0 Å². The van der Waals surface area contributed by atoms with Crippen molar-refractivity contribution in [2.75, 3.05) is 23.7 Å². The molecule has 0 bridgehead atoms. The highest BCUT2D eigenvalue weighted by Gasteiger charge is 2.42. The first-order valence-electron chi connectivity index (χ1n) is 11.0. The van der Waals surface area contributed by atoms with Crippen molar-refractivity contribution in [3.63, 3.8) is 0 Å². The Bertz CT molecular complexity index is 1300. The minimum absolute atomic E-state index is 0.0281. The molecule has 38 heavy (non-hydrogen) atoms. The van der Waals surface area contributed by atoms with E-state index in [0.29, 0.717) is 11.4 Å². The zero-order valence-electron chi connectivity index (χ0n) is 19.4. The van der Waals surface area contributed by atoms with Gasteiger partial charge < -0.3 is 10.6 Å². The van der Waals surface area contributed by atoms with Crippen LogP contribution in [-0.4, -0.2) is 55.2 Å². The van der Waals surface area contributed by atoms with E-state index in [4.69, 9.17) is 24.4 Å². The molecule has 2 aromatic carbocycles. The number of nitrogens with one attached hydrogen (secondary N) is 2. The summed E-state index contributed by atoms with van der Waals surface area (Å²) in [5.74, 6) is -1.43. The number of thiocarbonyl (C=S) groups is 2. The Balaban J connectivity index is 1.35. The Morgan fingerprint density at radius 3 is 1.50 bits per heavy atom. The Morgan fingerprint density at radius 1 is 0.737 bits per heavy atom. The van der Waals surface area contributed by atoms with Crippen molar-refractivity contribution in [2.24, 2.45) is 0 Å². The molecule has 0 atom stereocenters. The van der Waals surface area contributed by atoms with E-state index in [1.165, 1.54) is 9.80 Å². The van der Waals surface area contributed by atoms with E-state index in [2.05, 4.69) is 42.5 Å². The molecule has 0 aliphatic carbocycles. The van der Waals surface area contributed by atoms with Crippen LogP contribution in [0.15, 0.2) is 67.3 Å². The summed E-state index contributed by atoms with van der Waals surface area (Å²) in [5, 5.41) is 5.55. The summed E-state index contributed by atoms with van der Waals surface area (Å²) >= 11 is 19.4. The lowest BCUT2D eigenvalue weighted by Crippen LogP contribution is -2.33. The van der Waals surface area contributed by atoms with Gasteiger partial charge in [0.05, 0.1) is 9.81 Å². The third-order valence-corrected chi connectivity index (χ3v) is 9.26. The minimum Gasteiger partial charge on any atom is -0.326 e.